The van der Waals surface area contributed by atoms with Gasteiger partial charge in [0.1, 0.15) is 36.6 Å². The van der Waals surface area contributed by atoms with Crippen LogP contribution in [0, 0.1) is 0 Å². The molecule has 0 amide bonds. The summed E-state index contributed by atoms with van der Waals surface area (Å²) in [6.45, 7) is -4.59. The van der Waals surface area contributed by atoms with Crippen LogP contribution in [-0.2, 0) is 14.4 Å². The third kappa shape index (κ3) is 8.34. The summed E-state index contributed by atoms with van der Waals surface area (Å²) in [6.07, 6.45) is -12.2. The molecule has 0 aliphatic carbocycles. The van der Waals surface area contributed by atoms with E-state index in [1.807, 2.05) is 0 Å². The van der Waals surface area contributed by atoms with E-state index in [2.05, 4.69) is 0 Å². The van der Waals surface area contributed by atoms with Gasteiger partial charge in [0.15, 0.2) is 11.6 Å². The van der Waals surface area contributed by atoms with Crippen LogP contribution in [-0.4, -0.2) is 138 Å². The first-order valence-electron chi connectivity index (χ1n) is 7.75. The molecule has 0 fully saturated rings. The third-order valence-electron chi connectivity index (χ3n) is 3.59. The minimum atomic E-state index is -2.19. The van der Waals surface area contributed by atoms with E-state index in [0.29, 0.717) is 4.90 Å². The molecule has 6 atom stereocenters. The molecule has 13 heteroatoms. The number of ketones is 2. The van der Waals surface area contributed by atoms with E-state index in [1.54, 1.807) is 0 Å². The van der Waals surface area contributed by atoms with Crippen LogP contribution < -0.4 is 0 Å². The predicted molar refractivity (Wildman–Crippen MR) is 84.3 cm³/mol. The van der Waals surface area contributed by atoms with Crippen LogP contribution in [0.1, 0.15) is 0 Å². The van der Waals surface area contributed by atoms with Crippen molar-refractivity contribution in [1.29, 1.82) is 0 Å². The number of hydrogen-bond acceptors (Lipinski definition) is 12. The topological polar surface area (TPSA) is 237 Å². The van der Waals surface area contributed by atoms with Crippen molar-refractivity contribution in [3.05, 3.63) is 0 Å². The maximum absolute atomic E-state index is 11.9. The Morgan fingerprint density at radius 2 is 1.00 bits per heavy atom. The van der Waals surface area contributed by atoms with E-state index in [0.717, 1.165) is 0 Å². The summed E-state index contributed by atoms with van der Waals surface area (Å²) in [4.78, 5) is 35.3. The maximum atomic E-state index is 11.9. The van der Waals surface area contributed by atoms with E-state index in [1.165, 1.54) is 0 Å². The normalized spacial score (nSPS) is 18.4. The zero-order valence-electron chi connectivity index (χ0n) is 14.2. The van der Waals surface area contributed by atoms with E-state index < -0.39 is 87.0 Å². The predicted octanol–water partition coefficient (Wildman–Crippen LogP) is -6.34. The lowest BCUT2D eigenvalue weighted by Gasteiger charge is -2.26. The van der Waals surface area contributed by atoms with Crippen LogP contribution in [0.3, 0.4) is 0 Å². The fraction of sp³-hybridized carbons (Fsp3) is 0.786. The molecule has 9 N–H and O–H groups in total. The van der Waals surface area contributed by atoms with Crippen molar-refractivity contribution in [2.75, 3.05) is 32.8 Å². The summed E-state index contributed by atoms with van der Waals surface area (Å²) in [7, 11) is 0. The quantitative estimate of drug-likeness (QED) is 0.132. The Balaban J connectivity index is 5.05. The summed E-state index contributed by atoms with van der Waals surface area (Å²) < 4.78 is 0. The SMILES string of the molecule is O=C(O)CN(CC(=O)[C@@H](O)[C@H](O)[C@H](O)CO)CC(=O)[C@@H](O)[C@H](O)[C@H](O)CO. The van der Waals surface area contributed by atoms with Crippen LogP contribution in [0.15, 0.2) is 0 Å². The second-order valence-corrected chi connectivity index (χ2v) is 5.84. The number of carboxylic acid groups (broad SMARTS) is 1. The number of rotatable bonds is 14. The largest absolute Gasteiger partial charge is 0.480 e. The number of carboxylic acids is 1. The first-order chi connectivity index (χ1) is 12.5. The number of aliphatic hydroxyl groups excluding tert-OH is 8. The van der Waals surface area contributed by atoms with E-state index in [9.17, 15) is 45.0 Å². The molecule has 0 aromatic heterocycles. The van der Waals surface area contributed by atoms with Gasteiger partial charge in [-0.15, -0.1) is 0 Å². The Kier molecular flexibility index (Phi) is 11.3. The number of carbonyl (C=O) groups is 3. The second kappa shape index (κ2) is 12.0. The van der Waals surface area contributed by atoms with Gasteiger partial charge in [-0.25, -0.2) is 0 Å². The first kappa shape index (κ1) is 25.4. The Labute approximate surface area is 153 Å². The van der Waals surface area contributed by atoms with E-state index in [-0.39, 0.29) is 0 Å². The number of nitrogens with zero attached hydrogens (tertiary/aromatic N) is 1. The van der Waals surface area contributed by atoms with Gasteiger partial charge in [-0.05, 0) is 0 Å². The standard InChI is InChI=1S/C14H25NO12/c16-4-8(20)13(26)11(24)6(18)1-15(3-10(22)23)2-7(19)12(25)14(27)9(21)5-17/h8-9,11-14,16-17,20-21,24-27H,1-5H2,(H,22,23)/t8-,9-,11-,12-,13-,14-/m1/s1. The molecule has 0 saturated carbocycles. The molecule has 13 nitrogen and oxygen atoms in total. The minimum Gasteiger partial charge on any atom is -0.480 e. The lowest BCUT2D eigenvalue weighted by molar-refractivity contribution is -0.146. The van der Waals surface area contributed by atoms with Crippen molar-refractivity contribution in [3.63, 3.8) is 0 Å². The van der Waals surface area contributed by atoms with E-state index >= 15 is 0 Å². The molecule has 0 spiro atoms. The minimum absolute atomic E-state index is 0.662. The van der Waals surface area contributed by atoms with Crippen LogP contribution in [0.2, 0.25) is 0 Å². The lowest BCUT2D eigenvalue weighted by atomic mass is 10.0. The molecule has 158 valence electrons. The highest BCUT2D eigenvalue weighted by Gasteiger charge is 2.34. The average Bonchev–Trinajstić information content (AvgIpc) is 2.63. The van der Waals surface area contributed by atoms with Crippen molar-refractivity contribution in [2.24, 2.45) is 0 Å². The molecular weight excluding hydrogens is 374 g/mol. The van der Waals surface area contributed by atoms with Gasteiger partial charge in [-0.2, -0.15) is 0 Å². The van der Waals surface area contributed by atoms with Gasteiger partial charge < -0.3 is 46.0 Å². The van der Waals surface area contributed by atoms with Gasteiger partial charge in [0.2, 0.25) is 0 Å². The number of Topliss-reactive ketones (excluding diaryl/α,β-unsaturated/α-hetero) is 2. The van der Waals surface area contributed by atoms with Crippen molar-refractivity contribution >= 4 is 17.5 Å². The molecule has 0 aromatic rings. The lowest BCUT2D eigenvalue weighted by Crippen LogP contribution is -2.51. The number of carbonyl (C=O) groups excluding carboxylic acids is 2. The molecule has 0 aliphatic rings. The van der Waals surface area contributed by atoms with Gasteiger partial charge in [-0.3, -0.25) is 19.3 Å². The van der Waals surface area contributed by atoms with Crippen LogP contribution in [0.25, 0.3) is 0 Å². The van der Waals surface area contributed by atoms with Crippen molar-refractivity contribution in [1.82, 2.24) is 4.90 Å². The fourth-order valence-electron chi connectivity index (χ4n) is 2.00. The number of aliphatic hydroxyl groups is 8. The first-order valence-corrected chi connectivity index (χ1v) is 7.75. The monoisotopic (exact) mass is 399 g/mol. The Hall–Kier alpha value is -1.55. The Morgan fingerprint density at radius 1 is 0.667 bits per heavy atom. The fourth-order valence-corrected chi connectivity index (χ4v) is 2.00. The molecule has 0 bridgehead atoms. The Bertz CT molecular complexity index is 464. The smallest absolute Gasteiger partial charge is 0.317 e. The summed E-state index contributed by atoms with van der Waals surface area (Å²) in [5, 5.41) is 82.8. The van der Waals surface area contributed by atoms with Crippen molar-refractivity contribution in [2.45, 2.75) is 36.6 Å². The molecular formula is C14H25NO12. The highest BCUT2D eigenvalue weighted by atomic mass is 16.4. The highest BCUT2D eigenvalue weighted by molar-refractivity contribution is 5.89. The van der Waals surface area contributed by atoms with Gasteiger partial charge in [-0.1, -0.05) is 0 Å². The molecule has 27 heavy (non-hydrogen) atoms. The zero-order chi connectivity index (χ0) is 21.3. The summed E-state index contributed by atoms with van der Waals surface area (Å²) >= 11 is 0. The van der Waals surface area contributed by atoms with Crippen LogP contribution >= 0.6 is 0 Å². The molecule has 0 heterocycles. The third-order valence-corrected chi connectivity index (χ3v) is 3.59. The molecule has 0 radical (unpaired) electrons. The molecule has 0 saturated heterocycles. The molecule has 0 aromatic carbocycles. The van der Waals surface area contributed by atoms with Crippen molar-refractivity contribution < 1.29 is 60.3 Å². The van der Waals surface area contributed by atoms with Gasteiger partial charge in [0.25, 0.3) is 0 Å². The second-order valence-electron chi connectivity index (χ2n) is 5.84. The highest BCUT2D eigenvalue weighted by Crippen LogP contribution is 2.06. The molecule has 0 rings (SSSR count). The van der Waals surface area contributed by atoms with Crippen molar-refractivity contribution in [3.8, 4) is 0 Å². The number of aliphatic carboxylic acids is 1. The van der Waals surface area contributed by atoms with Crippen LogP contribution in [0.5, 0.6) is 0 Å². The zero-order valence-corrected chi connectivity index (χ0v) is 14.2. The van der Waals surface area contributed by atoms with Gasteiger partial charge in [0.05, 0.1) is 32.8 Å². The number of hydrogen-bond donors (Lipinski definition) is 9. The summed E-state index contributed by atoms with van der Waals surface area (Å²) in [5.74, 6) is -3.85. The van der Waals surface area contributed by atoms with Crippen LogP contribution in [0.4, 0.5) is 0 Å². The Morgan fingerprint density at radius 3 is 1.26 bits per heavy atom. The van der Waals surface area contributed by atoms with Gasteiger partial charge in [0, 0.05) is 0 Å². The van der Waals surface area contributed by atoms with Gasteiger partial charge >= 0.3 is 5.97 Å². The maximum Gasteiger partial charge on any atom is 0.317 e. The molecule has 0 aliphatic heterocycles. The summed E-state index contributed by atoms with van der Waals surface area (Å²) in [5.41, 5.74) is 0. The molecule has 0 unspecified atom stereocenters. The summed E-state index contributed by atoms with van der Waals surface area (Å²) in [6, 6.07) is 0. The average molecular weight is 399 g/mol. The van der Waals surface area contributed by atoms with E-state index in [4.69, 9.17) is 15.3 Å².